The second kappa shape index (κ2) is 4.44. The van der Waals surface area contributed by atoms with Gasteiger partial charge in [-0.15, -0.1) is 0 Å². The van der Waals surface area contributed by atoms with E-state index in [1.165, 1.54) is 6.42 Å². The third kappa shape index (κ3) is 1.86. The van der Waals surface area contributed by atoms with Crippen LogP contribution in [0.15, 0.2) is 18.2 Å². The summed E-state index contributed by atoms with van der Waals surface area (Å²) in [7, 11) is 0. The van der Waals surface area contributed by atoms with Gasteiger partial charge < -0.3 is 15.4 Å². The second-order valence-corrected chi connectivity index (χ2v) is 5.43. The van der Waals surface area contributed by atoms with Gasteiger partial charge in [0.25, 0.3) is 5.91 Å². The van der Waals surface area contributed by atoms with Crippen LogP contribution in [0.3, 0.4) is 0 Å². The Bertz CT molecular complexity index is 507. The van der Waals surface area contributed by atoms with Crippen LogP contribution in [-0.4, -0.2) is 18.1 Å². The van der Waals surface area contributed by atoms with Gasteiger partial charge in [0.1, 0.15) is 5.75 Å². The standard InChI is InChI=1S/C15H20N2O2/c1-2-17-12-7-6-11(16)10-13(12)19-15(14(17)18)8-4-3-5-9-15/h6-7,10H,2-5,8-9,16H2,1H3. The minimum Gasteiger partial charge on any atom is -0.475 e. The highest BCUT2D eigenvalue weighted by Gasteiger charge is 2.48. The van der Waals surface area contributed by atoms with Gasteiger partial charge in [-0.25, -0.2) is 0 Å². The molecule has 2 aliphatic rings. The van der Waals surface area contributed by atoms with Crippen LogP contribution in [0.4, 0.5) is 11.4 Å². The van der Waals surface area contributed by atoms with Gasteiger partial charge in [0.2, 0.25) is 0 Å². The molecule has 1 heterocycles. The van der Waals surface area contributed by atoms with Crippen LogP contribution in [0.25, 0.3) is 0 Å². The first kappa shape index (κ1) is 12.3. The summed E-state index contributed by atoms with van der Waals surface area (Å²) in [5.74, 6) is 0.871. The molecular weight excluding hydrogens is 240 g/mol. The van der Waals surface area contributed by atoms with E-state index < -0.39 is 5.60 Å². The van der Waals surface area contributed by atoms with Crippen LogP contribution >= 0.6 is 0 Å². The molecule has 1 aromatic carbocycles. The van der Waals surface area contributed by atoms with Crippen LogP contribution in [0.2, 0.25) is 0 Å². The zero-order chi connectivity index (χ0) is 13.5. The van der Waals surface area contributed by atoms with Gasteiger partial charge in [0.15, 0.2) is 5.60 Å². The van der Waals surface area contributed by atoms with Crippen molar-refractivity contribution >= 4 is 17.3 Å². The maximum Gasteiger partial charge on any atom is 0.271 e. The van der Waals surface area contributed by atoms with Gasteiger partial charge in [-0.2, -0.15) is 0 Å². The Morgan fingerprint density at radius 1 is 1.32 bits per heavy atom. The van der Waals surface area contributed by atoms with Crippen LogP contribution in [-0.2, 0) is 4.79 Å². The van der Waals surface area contributed by atoms with Crippen LogP contribution < -0.4 is 15.4 Å². The van der Waals surface area contributed by atoms with Crippen molar-refractivity contribution in [3.05, 3.63) is 18.2 Å². The molecule has 0 unspecified atom stereocenters. The van der Waals surface area contributed by atoms with E-state index in [9.17, 15) is 4.79 Å². The number of hydrogen-bond acceptors (Lipinski definition) is 3. The van der Waals surface area contributed by atoms with Crippen LogP contribution in [0, 0.1) is 0 Å². The number of anilines is 2. The number of benzene rings is 1. The summed E-state index contributed by atoms with van der Waals surface area (Å²) in [5.41, 5.74) is 6.72. The average Bonchev–Trinajstić information content (AvgIpc) is 2.42. The third-order valence-electron chi connectivity index (χ3n) is 4.19. The molecule has 4 heteroatoms. The first-order chi connectivity index (χ1) is 9.16. The monoisotopic (exact) mass is 260 g/mol. The molecule has 1 fully saturated rings. The van der Waals surface area contributed by atoms with E-state index in [0.717, 1.165) is 37.1 Å². The van der Waals surface area contributed by atoms with E-state index in [1.54, 1.807) is 0 Å². The minimum atomic E-state index is -0.644. The zero-order valence-electron chi connectivity index (χ0n) is 11.3. The molecule has 0 saturated heterocycles. The van der Waals surface area contributed by atoms with E-state index in [-0.39, 0.29) is 5.91 Å². The summed E-state index contributed by atoms with van der Waals surface area (Å²) in [6.45, 7) is 2.67. The van der Waals surface area contributed by atoms with Crippen molar-refractivity contribution in [1.82, 2.24) is 0 Å². The molecule has 102 valence electrons. The molecule has 0 atom stereocenters. The normalized spacial score (nSPS) is 21.1. The van der Waals surface area contributed by atoms with E-state index >= 15 is 0 Å². The molecule has 3 rings (SSSR count). The van der Waals surface area contributed by atoms with Crippen molar-refractivity contribution in [3.63, 3.8) is 0 Å². The first-order valence-corrected chi connectivity index (χ1v) is 7.07. The van der Waals surface area contributed by atoms with E-state index in [2.05, 4.69) is 0 Å². The Hall–Kier alpha value is -1.71. The van der Waals surface area contributed by atoms with Crippen molar-refractivity contribution < 1.29 is 9.53 Å². The van der Waals surface area contributed by atoms with Gasteiger partial charge in [-0.05, 0) is 44.7 Å². The number of hydrogen-bond donors (Lipinski definition) is 1. The minimum absolute atomic E-state index is 0.118. The van der Waals surface area contributed by atoms with Gasteiger partial charge in [-0.1, -0.05) is 6.42 Å². The Morgan fingerprint density at radius 3 is 2.74 bits per heavy atom. The molecule has 1 saturated carbocycles. The molecule has 1 aromatic rings. The highest BCUT2D eigenvalue weighted by Crippen LogP contribution is 2.44. The molecule has 1 spiro atoms. The van der Waals surface area contributed by atoms with E-state index in [4.69, 9.17) is 10.5 Å². The maximum atomic E-state index is 12.8. The fourth-order valence-electron chi connectivity index (χ4n) is 3.20. The lowest BCUT2D eigenvalue weighted by molar-refractivity contribution is -0.138. The topological polar surface area (TPSA) is 55.6 Å². The Kier molecular flexibility index (Phi) is 2.88. The predicted molar refractivity (Wildman–Crippen MR) is 75.3 cm³/mol. The fraction of sp³-hybridized carbons (Fsp3) is 0.533. The van der Waals surface area contributed by atoms with Crippen molar-refractivity contribution in [2.24, 2.45) is 0 Å². The van der Waals surface area contributed by atoms with Crippen molar-refractivity contribution in [3.8, 4) is 5.75 Å². The molecule has 0 bridgehead atoms. The summed E-state index contributed by atoms with van der Waals surface area (Å²) in [6.07, 6.45) is 4.93. The number of rotatable bonds is 1. The second-order valence-electron chi connectivity index (χ2n) is 5.43. The number of ether oxygens (including phenoxy) is 1. The molecule has 4 nitrogen and oxygen atoms in total. The first-order valence-electron chi connectivity index (χ1n) is 7.07. The number of likely N-dealkylation sites (N-methyl/N-ethyl adjacent to an activating group) is 1. The van der Waals surface area contributed by atoms with Crippen molar-refractivity contribution in [2.45, 2.75) is 44.6 Å². The number of carbonyl (C=O) groups excluding carboxylic acids is 1. The van der Waals surface area contributed by atoms with Crippen LogP contribution in [0.1, 0.15) is 39.0 Å². The summed E-state index contributed by atoms with van der Waals surface area (Å²) in [5, 5.41) is 0. The maximum absolute atomic E-state index is 12.8. The molecule has 1 aliphatic heterocycles. The van der Waals surface area contributed by atoms with Gasteiger partial charge in [0, 0.05) is 18.3 Å². The lowest BCUT2D eigenvalue weighted by atomic mass is 9.82. The Morgan fingerprint density at radius 2 is 2.05 bits per heavy atom. The number of carbonyl (C=O) groups is 1. The van der Waals surface area contributed by atoms with Crippen molar-refractivity contribution in [2.75, 3.05) is 17.2 Å². The number of nitrogens with zero attached hydrogens (tertiary/aromatic N) is 1. The highest BCUT2D eigenvalue weighted by atomic mass is 16.5. The number of amides is 1. The molecule has 0 aromatic heterocycles. The molecule has 1 amide bonds. The fourth-order valence-corrected chi connectivity index (χ4v) is 3.20. The quantitative estimate of drug-likeness (QED) is 0.790. The third-order valence-corrected chi connectivity index (χ3v) is 4.19. The van der Waals surface area contributed by atoms with Gasteiger partial charge >= 0.3 is 0 Å². The molecule has 2 N–H and O–H groups in total. The van der Waals surface area contributed by atoms with E-state index in [1.807, 2.05) is 30.0 Å². The molecular formula is C15H20N2O2. The van der Waals surface area contributed by atoms with Crippen LogP contribution in [0.5, 0.6) is 5.75 Å². The number of nitrogens with two attached hydrogens (primary N) is 1. The molecule has 19 heavy (non-hydrogen) atoms. The largest absolute Gasteiger partial charge is 0.475 e. The van der Waals surface area contributed by atoms with E-state index in [0.29, 0.717) is 12.2 Å². The molecule has 1 aliphatic carbocycles. The predicted octanol–water partition coefficient (Wildman–Crippen LogP) is 2.72. The summed E-state index contributed by atoms with van der Waals surface area (Å²) >= 11 is 0. The van der Waals surface area contributed by atoms with Gasteiger partial charge in [0.05, 0.1) is 5.69 Å². The Balaban J connectivity index is 2.06. The number of fused-ring (bicyclic) bond motifs is 1. The Labute approximate surface area is 113 Å². The smallest absolute Gasteiger partial charge is 0.271 e. The number of nitrogen functional groups attached to an aromatic ring is 1. The highest BCUT2D eigenvalue weighted by molar-refractivity contribution is 6.03. The summed E-state index contributed by atoms with van der Waals surface area (Å²) in [4.78, 5) is 14.6. The zero-order valence-corrected chi connectivity index (χ0v) is 11.3. The van der Waals surface area contributed by atoms with Gasteiger partial charge in [-0.3, -0.25) is 4.79 Å². The lowest BCUT2D eigenvalue weighted by Gasteiger charge is -2.44. The lowest BCUT2D eigenvalue weighted by Crippen LogP contribution is -2.57. The summed E-state index contributed by atoms with van der Waals surface area (Å²) < 4.78 is 6.11. The molecule has 0 radical (unpaired) electrons. The SMILES string of the molecule is CCN1C(=O)C2(CCCCC2)Oc2cc(N)ccc21. The summed E-state index contributed by atoms with van der Waals surface area (Å²) in [6, 6.07) is 5.53. The van der Waals surface area contributed by atoms with Crippen molar-refractivity contribution in [1.29, 1.82) is 0 Å². The average molecular weight is 260 g/mol.